The molecule has 1 N–H and O–H groups in total. The summed E-state index contributed by atoms with van der Waals surface area (Å²) in [5.74, 6) is 2.22. The van der Waals surface area contributed by atoms with Gasteiger partial charge in [0.2, 0.25) is 5.91 Å². The Balaban J connectivity index is 1.38. The highest BCUT2D eigenvalue weighted by atomic mass is 16.5. The molecule has 0 atom stereocenters. The zero-order chi connectivity index (χ0) is 17.5. The average Bonchev–Trinajstić information content (AvgIpc) is 3.07. The zero-order valence-corrected chi connectivity index (χ0v) is 14.0. The van der Waals surface area contributed by atoms with Gasteiger partial charge < -0.3 is 14.8 Å². The first-order valence-electron chi connectivity index (χ1n) is 8.08. The number of rotatable bonds is 8. The fourth-order valence-corrected chi connectivity index (χ4v) is 2.37. The number of nitrogens with zero attached hydrogens (tertiary/aromatic N) is 3. The Morgan fingerprint density at radius 3 is 2.72 bits per heavy atom. The summed E-state index contributed by atoms with van der Waals surface area (Å²) in [5, 5.41) is 11.0. The maximum Gasteiger partial charge on any atom is 0.220 e. The number of benzene rings is 1. The maximum atomic E-state index is 11.9. The minimum atomic E-state index is -0.0361. The maximum absolute atomic E-state index is 11.9. The van der Waals surface area contributed by atoms with Gasteiger partial charge in [-0.2, -0.15) is 0 Å². The summed E-state index contributed by atoms with van der Waals surface area (Å²) in [5.41, 5.74) is 0.764. The van der Waals surface area contributed by atoms with Crippen LogP contribution >= 0.6 is 0 Å². The van der Waals surface area contributed by atoms with Gasteiger partial charge in [0.05, 0.1) is 20.3 Å². The Kier molecular flexibility index (Phi) is 5.46. The number of pyridine rings is 1. The van der Waals surface area contributed by atoms with Crippen molar-refractivity contribution in [3.05, 3.63) is 54.5 Å². The number of amides is 1. The molecule has 130 valence electrons. The predicted molar refractivity (Wildman–Crippen MR) is 92.6 cm³/mol. The van der Waals surface area contributed by atoms with E-state index in [0.29, 0.717) is 31.8 Å². The van der Waals surface area contributed by atoms with Crippen LogP contribution in [-0.4, -0.2) is 34.2 Å². The molecule has 1 amide bonds. The van der Waals surface area contributed by atoms with Crippen LogP contribution < -0.4 is 14.8 Å². The Labute approximate surface area is 145 Å². The minimum Gasteiger partial charge on any atom is -0.497 e. The van der Waals surface area contributed by atoms with Crippen LogP contribution in [0.2, 0.25) is 0 Å². The Morgan fingerprint density at radius 1 is 1.12 bits per heavy atom. The fraction of sp³-hybridized carbons (Fsp3) is 0.278. The largest absolute Gasteiger partial charge is 0.497 e. The molecule has 0 unspecified atom stereocenters. The van der Waals surface area contributed by atoms with E-state index in [2.05, 4.69) is 15.5 Å². The van der Waals surface area contributed by atoms with Gasteiger partial charge in [-0.3, -0.25) is 9.20 Å². The molecule has 1 aromatic carbocycles. The predicted octanol–water partition coefficient (Wildman–Crippen LogP) is 2.21. The fourth-order valence-electron chi connectivity index (χ4n) is 2.37. The summed E-state index contributed by atoms with van der Waals surface area (Å²) >= 11 is 0. The molecule has 0 saturated carbocycles. The molecule has 0 saturated heterocycles. The molecule has 2 aromatic heterocycles. The van der Waals surface area contributed by atoms with Gasteiger partial charge in [0.25, 0.3) is 0 Å². The SMILES string of the molecule is COc1ccc(OCCCC(=O)NCc2nnc3ccccn23)cc1. The lowest BCUT2D eigenvalue weighted by molar-refractivity contribution is -0.121. The highest BCUT2D eigenvalue weighted by molar-refractivity contribution is 5.75. The van der Waals surface area contributed by atoms with Crippen molar-refractivity contribution in [3.8, 4) is 11.5 Å². The quantitative estimate of drug-likeness (QED) is 0.636. The van der Waals surface area contributed by atoms with Crippen LogP contribution in [0, 0.1) is 0 Å². The van der Waals surface area contributed by atoms with E-state index in [-0.39, 0.29) is 5.91 Å². The number of ether oxygens (including phenoxy) is 2. The minimum absolute atomic E-state index is 0.0361. The van der Waals surface area contributed by atoms with E-state index < -0.39 is 0 Å². The second-order valence-electron chi connectivity index (χ2n) is 5.45. The van der Waals surface area contributed by atoms with Crippen molar-refractivity contribution in [1.29, 1.82) is 0 Å². The highest BCUT2D eigenvalue weighted by Crippen LogP contribution is 2.17. The van der Waals surface area contributed by atoms with Crippen molar-refractivity contribution in [2.75, 3.05) is 13.7 Å². The average molecular weight is 340 g/mol. The first-order valence-corrected chi connectivity index (χ1v) is 8.08. The molecule has 2 heterocycles. The summed E-state index contributed by atoms with van der Waals surface area (Å²) in [6, 6.07) is 13.0. The summed E-state index contributed by atoms with van der Waals surface area (Å²) in [6.45, 7) is 0.830. The van der Waals surface area contributed by atoms with Gasteiger partial charge in [-0.25, -0.2) is 0 Å². The van der Waals surface area contributed by atoms with Crippen LogP contribution in [0.1, 0.15) is 18.7 Å². The van der Waals surface area contributed by atoms with Crippen molar-refractivity contribution in [3.63, 3.8) is 0 Å². The lowest BCUT2D eigenvalue weighted by atomic mass is 10.3. The molecule has 0 aliphatic rings. The van der Waals surface area contributed by atoms with Crippen molar-refractivity contribution in [1.82, 2.24) is 19.9 Å². The summed E-state index contributed by atoms with van der Waals surface area (Å²) in [6.07, 6.45) is 2.91. The second kappa shape index (κ2) is 8.14. The molecule has 3 aromatic rings. The lowest BCUT2D eigenvalue weighted by Crippen LogP contribution is -2.24. The van der Waals surface area contributed by atoms with Gasteiger partial charge in [0, 0.05) is 12.6 Å². The standard InChI is InChI=1S/C18H20N4O3/c1-24-14-7-9-15(10-8-14)25-12-4-6-18(23)19-13-17-21-20-16-5-2-3-11-22(16)17/h2-3,5,7-11H,4,6,12-13H2,1H3,(H,19,23). The third-order valence-electron chi connectivity index (χ3n) is 3.70. The molecule has 3 rings (SSSR count). The second-order valence-corrected chi connectivity index (χ2v) is 5.45. The lowest BCUT2D eigenvalue weighted by Gasteiger charge is -2.07. The molecule has 25 heavy (non-hydrogen) atoms. The van der Waals surface area contributed by atoms with Crippen molar-refractivity contribution in [2.24, 2.45) is 0 Å². The summed E-state index contributed by atoms with van der Waals surface area (Å²) in [4.78, 5) is 11.9. The van der Waals surface area contributed by atoms with Crippen molar-refractivity contribution >= 4 is 11.6 Å². The molecule has 0 aliphatic carbocycles. The van der Waals surface area contributed by atoms with Crippen LogP contribution in [0.3, 0.4) is 0 Å². The molecule has 7 heteroatoms. The van der Waals surface area contributed by atoms with Crippen LogP contribution in [-0.2, 0) is 11.3 Å². The topological polar surface area (TPSA) is 77.8 Å². The van der Waals surface area contributed by atoms with E-state index in [0.717, 1.165) is 17.1 Å². The molecule has 0 fully saturated rings. The van der Waals surface area contributed by atoms with Crippen molar-refractivity contribution < 1.29 is 14.3 Å². The zero-order valence-electron chi connectivity index (χ0n) is 14.0. The van der Waals surface area contributed by atoms with Crippen LogP contribution in [0.15, 0.2) is 48.7 Å². The van der Waals surface area contributed by atoms with E-state index in [4.69, 9.17) is 9.47 Å². The third-order valence-corrected chi connectivity index (χ3v) is 3.70. The smallest absolute Gasteiger partial charge is 0.220 e. The summed E-state index contributed by atoms with van der Waals surface area (Å²) < 4.78 is 12.5. The van der Waals surface area contributed by atoms with Crippen LogP contribution in [0.5, 0.6) is 11.5 Å². The van der Waals surface area contributed by atoms with Crippen molar-refractivity contribution in [2.45, 2.75) is 19.4 Å². The molecular formula is C18H20N4O3. The number of carbonyl (C=O) groups excluding carboxylic acids is 1. The van der Waals surface area contributed by atoms with E-state index in [1.807, 2.05) is 53.1 Å². The number of methoxy groups -OCH3 is 1. The van der Waals surface area contributed by atoms with Crippen LogP contribution in [0.4, 0.5) is 0 Å². The van der Waals surface area contributed by atoms with E-state index >= 15 is 0 Å². The monoisotopic (exact) mass is 340 g/mol. The number of nitrogens with one attached hydrogen (secondary N) is 1. The number of hydrogen-bond donors (Lipinski definition) is 1. The Bertz CT molecular complexity index is 830. The van der Waals surface area contributed by atoms with E-state index in [1.165, 1.54) is 0 Å². The number of aromatic nitrogens is 3. The van der Waals surface area contributed by atoms with Gasteiger partial charge in [0.15, 0.2) is 11.5 Å². The molecule has 0 bridgehead atoms. The number of fused-ring (bicyclic) bond motifs is 1. The van der Waals surface area contributed by atoms with Gasteiger partial charge in [-0.1, -0.05) is 6.07 Å². The molecular weight excluding hydrogens is 320 g/mol. The van der Waals surface area contributed by atoms with Gasteiger partial charge >= 0.3 is 0 Å². The molecule has 0 aliphatic heterocycles. The first kappa shape index (κ1) is 16.8. The normalized spacial score (nSPS) is 10.6. The molecule has 7 nitrogen and oxygen atoms in total. The molecule has 0 spiro atoms. The Hall–Kier alpha value is -3.09. The molecule has 0 radical (unpaired) electrons. The van der Waals surface area contributed by atoms with Gasteiger partial charge in [-0.05, 0) is 42.8 Å². The Morgan fingerprint density at radius 2 is 1.92 bits per heavy atom. The van der Waals surface area contributed by atoms with E-state index in [1.54, 1.807) is 7.11 Å². The van der Waals surface area contributed by atoms with Gasteiger partial charge in [-0.15, -0.1) is 10.2 Å². The number of hydrogen-bond acceptors (Lipinski definition) is 5. The first-order chi connectivity index (χ1) is 12.3. The highest BCUT2D eigenvalue weighted by Gasteiger charge is 2.07. The third kappa shape index (κ3) is 4.47. The van der Waals surface area contributed by atoms with E-state index in [9.17, 15) is 4.79 Å². The summed E-state index contributed by atoms with van der Waals surface area (Å²) in [7, 11) is 1.62. The van der Waals surface area contributed by atoms with Gasteiger partial charge in [0.1, 0.15) is 11.5 Å². The number of carbonyl (C=O) groups is 1. The van der Waals surface area contributed by atoms with Crippen LogP contribution in [0.25, 0.3) is 5.65 Å².